The number of thiocarbonyl (C=S) groups is 1. The molecule has 0 aliphatic carbocycles. The Morgan fingerprint density at radius 3 is 2.38 bits per heavy atom. The van der Waals surface area contributed by atoms with Crippen molar-refractivity contribution in [1.82, 2.24) is 10.6 Å². The van der Waals surface area contributed by atoms with Crippen molar-refractivity contribution in [1.29, 1.82) is 0 Å². The highest BCUT2D eigenvalue weighted by Crippen LogP contribution is 2.36. The van der Waals surface area contributed by atoms with E-state index < -0.39 is 23.7 Å². The number of allylic oxidation sites excluding steroid dienone is 1. The third-order valence-electron chi connectivity index (χ3n) is 5.16. The molecule has 5 nitrogen and oxygen atoms in total. The Kier molecular flexibility index (Phi) is 6.56. The smallest absolute Gasteiger partial charge is 0.418 e. The average Bonchev–Trinajstić information content (AvgIpc) is 2.79. The maximum absolute atomic E-state index is 13.4. The molecule has 0 radical (unpaired) electrons. The van der Waals surface area contributed by atoms with Gasteiger partial charge in [0.15, 0.2) is 5.11 Å². The standard InChI is InChI=1S/C25H20F3N3O2S/c1-15-21(23(32)30-20-13-6-5-12-19(20)25(26,27)28)22(31-24(34)29-15)16-8-7-11-18(14-16)33-17-9-3-2-4-10-17/h2-14,22H,1H3,(H,30,32)(H2,29,31,34)/t22-/m1/s1. The molecule has 0 saturated carbocycles. The van der Waals surface area contributed by atoms with Crippen LogP contribution < -0.4 is 20.7 Å². The van der Waals surface area contributed by atoms with Crippen LogP contribution in [0.3, 0.4) is 0 Å². The summed E-state index contributed by atoms with van der Waals surface area (Å²) in [5.41, 5.74) is 0.0514. The summed E-state index contributed by atoms with van der Waals surface area (Å²) in [6.45, 7) is 1.65. The fourth-order valence-corrected chi connectivity index (χ4v) is 3.93. The van der Waals surface area contributed by atoms with Crippen LogP contribution in [0.5, 0.6) is 11.5 Å². The first kappa shape index (κ1) is 23.3. The molecule has 4 rings (SSSR count). The first-order valence-electron chi connectivity index (χ1n) is 10.3. The molecule has 0 aromatic heterocycles. The Labute approximate surface area is 199 Å². The lowest BCUT2D eigenvalue weighted by molar-refractivity contribution is -0.137. The van der Waals surface area contributed by atoms with E-state index in [0.29, 0.717) is 27.9 Å². The number of rotatable bonds is 5. The third kappa shape index (κ3) is 5.20. The summed E-state index contributed by atoms with van der Waals surface area (Å²) >= 11 is 5.27. The third-order valence-corrected chi connectivity index (χ3v) is 5.38. The molecule has 0 fully saturated rings. The normalized spacial score (nSPS) is 15.9. The van der Waals surface area contributed by atoms with Crippen LogP contribution in [-0.2, 0) is 11.0 Å². The quantitative estimate of drug-likeness (QED) is 0.393. The van der Waals surface area contributed by atoms with Gasteiger partial charge in [0, 0.05) is 5.70 Å². The molecule has 3 aromatic rings. The molecule has 1 heterocycles. The molecule has 1 amide bonds. The van der Waals surface area contributed by atoms with E-state index in [-0.39, 0.29) is 11.3 Å². The van der Waals surface area contributed by atoms with E-state index in [1.165, 1.54) is 18.2 Å². The SMILES string of the molecule is CC1=C(C(=O)Nc2ccccc2C(F)(F)F)[C@@H](c2cccc(Oc3ccccc3)c2)NC(=S)N1. The zero-order chi connectivity index (χ0) is 24.3. The maximum atomic E-state index is 13.4. The van der Waals surface area contributed by atoms with Crippen molar-refractivity contribution in [3.63, 3.8) is 0 Å². The van der Waals surface area contributed by atoms with Crippen LogP contribution in [0.1, 0.15) is 24.1 Å². The molecule has 9 heteroatoms. The molecule has 1 atom stereocenters. The lowest BCUT2D eigenvalue weighted by atomic mass is 9.94. The van der Waals surface area contributed by atoms with Crippen molar-refractivity contribution < 1.29 is 22.7 Å². The van der Waals surface area contributed by atoms with Gasteiger partial charge in [-0.25, -0.2) is 0 Å². The molecular weight excluding hydrogens is 463 g/mol. The van der Waals surface area contributed by atoms with Gasteiger partial charge in [-0.05, 0) is 61.1 Å². The lowest BCUT2D eigenvalue weighted by Crippen LogP contribution is -2.45. The van der Waals surface area contributed by atoms with Crippen molar-refractivity contribution in [3.8, 4) is 11.5 Å². The number of alkyl halides is 3. The number of carbonyl (C=O) groups excluding carboxylic acids is 1. The monoisotopic (exact) mass is 483 g/mol. The molecule has 0 bridgehead atoms. The van der Waals surface area contributed by atoms with Crippen LogP contribution in [0, 0.1) is 0 Å². The van der Waals surface area contributed by atoms with E-state index in [1.54, 1.807) is 31.2 Å². The van der Waals surface area contributed by atoms with E-state index >= 15 is 0 Å². The summed E-state index contributed by atoms with van der Waals surface area (Å²) in [5.74, 6) is 0.493. The lowest BCUT2D eigenvalue weighted by Gasteiger charge is -2.30. The van der Waals surface area contributed by atoms with Gasteiger partial charge in [0.25, 0.3) is 5.91 Å². The van der Waals surface area contributed by atoms with Crippen LogP contribution in [0.4, 0.5) is 18.9 Å². The number of nitrogens with one attached hydrogen (secondary N) is 3. The van der Waals surface area contributed by atoms with Gasteiger partial charge in [-0.1, -0.05) is 42.5 Å². The topological polar surface area (TPSA) is 62.4 Å². The molecule has 0 spiro atoms. The molecule has 0 unspecified atom stereocenters. The van der Waals surface area contributed by atoms with Crippen molar-refractivity contribution in [3.05, 3.63) is 101 Å². The highest BCUT2D eigenvalue weighted by molar-refractivity contribution is 7.80. The van der Waals surface area contributed by atoms with Gasteiger partial charge in [-0.2, -0.15) is 13.2 Å². The van der Waals surface area contributed by atoms with Gasteiger partial charge in [0.2, 0.25) is 0 Å². The highest BCUT2D eigenvalue weighted by atomic mass is 32.1. The average molecular weight is 484 g/mol. The Balaban J connectivity index is 1.66. The predicted molar refractivity (Wildman–Crippen MR) is 127 cm³/mol. The van der Waals surface area contributed by atoms with Crippen molar-refractivity contribution in [2.45, 2.75) is 19.1 Å². The van der Waals surface area contributed by atoms with Crippen LogP contribution in [0.15, 0.2) is 90.1 Å². The molecule has 3 aromatic carbocycles. The molecule has 174 valence electrons. The molecular formula is C25H20F3N3O2S. The van der Waals surface area contributed by atoms with Crippen molar-refractivity contribution >= 4 is 28.9 Å². The second-order valence-electron chi connectivity index (χ2n) is 7.56. The fraction of sp³-hybridized carbons (Fsp3) is 0.120. The Morgan fingerprint density at radius 2 is 1.65 bits per heavy atom. The number of carbonyl (C=O) groups is 1. The molecule has 3 N–H and O–H groups in total. The number of halogens is 3. The van der Waals surface area contributed by atoms with Gasteiger partial charge < -0.3 is 20.7 Å². The van der Waals surface area contributed by atoms with Crippen molar-refractivity contribution in [2.75, 3.05) is 5.32 Å². The predicted octanol–water partition coefficient (Wildman–Crippen LogP) is 5.93. The first-order chi connectivity index (χ1) is 16.2. The zero-order valence-corrected chi connectivity index (χ0v) is 18.8. The molecule has 1 aliphatic rings. The summed E-state index contributed by atoms with van der Waals surface area (Å²) < 4.78 is 46.1. The Morgan fingerprint density at radius 1 is 0.971 bits per heavy atom. The first-order valence-corrected chi connectivity index (χ1v) is 10.7. The van der Waals surface area contributed by atoms with Gasteiger partial charge >= 0.3 is 6.18 Å². The molecule has 34 heavy (non-hydrogen) atoms. The van der Waals surface area contributed by atoms with E-state index in [1.807, 2.05) is 30.3 Å². The number of para-hydroxylation sites is 2. The number of amides is 1. The minimum atomic E-state index is -4.61. The van der Waals surface area contributed by atoms with Crippen molar-refractivity contribution in [2.24, 2.45) is 0 Å². The minimum Gasteiger partial charge on any atom is -0.457 e. The maximum Gasteiger partial charge on any atom is 0.418 e. The summed E-state index contributed by atoms with van der Waals surface area (Å²) in [7, 11) is 0. The zero-order valence-electron chi connectivity index (χ0n) is 17.9. The van der Waals surface area contributed by atoms with Gasteiger partial charge in [0.1, 0.15) is 11.5 Å². The van der Waals surface area contributed by atoms with Crippen LogP contribution in [0.2, 0.25) is 0 Å². The number of ether oxygens (including phenoxy) is 1. The van der Waals surface area contributed by atoms with E-state index in [9.17, 15) is 18.0 Å². The van der Waals surface area contributed by atoms with Gasteiger partial charge in [-0.15, -0.1) is 0 Å². The number of hydrogen-bond donors (Lipinski definition) is 3. The van der Waals surface area contributed by atoms with Gasteiger partial charge in [0.05, 0.1) is 22.9 Å². The second-order valence-corrected chi connectivity index (χ2v) is 7.96. The number of benzene rings is 3. The van der Waals surface area contributed by atoms with E-state index in [4.69, 9.17) is 17.0 Å². The largest absolute Gasteiger partial charge is 0.457 e. The summed E-state index contributed by atoms with van der Waals surface area (Å²) in [5, 5.41) is 8.63. The molecule has 0 saturated heterocycles. The Bertz CT molecular complexity index is 1260. The van der Waals surface area contributed by atoms with E-state index in [0.717, 1.165) is 6.07 Å². The molecule has 1 aliphatic heterocycles. The van der Waals surface area contributed by atoms with Crippen LogP contribution >= 0.6 is 12.2 Å². The van der Waals surface area contributed by atoms with Crippen LogP contribution in [-0.4, -0.2) is 11.0 Å². The van der Waals surface area contributed by atoms with E-state index in [2.05, 4.69) is 16.0 Å². The highest BCUT2D eigenvalue weighted by Gasteiger charge is 2.35. The summed E-state index contributed by atoms with van der Waals surface area (Å²) in [6, 6.07) is 20.4. The van der Waals surface area contributed by atoms with Crippen LogP contribution in [0.25, 0.3) is 0 Å². The fourth-order valence-electron chi connectivity index (χ4n) is 3.66. The number of hydrogen-bond acceptors (Lipinski definition) is 3. The van der Waals surface area contributed by atoms with Gasteiger partial charge in [-0.3, -0.25) is 4.79 Å². The second kappa shape index (κ2) is 9.56. The minimum absolute atomic E-state index is 0.211. The Hall–Kier alpha value is -3.85. The summed E-state index contributed by atoms with van der Waals surface area (Å²) in [6.07, 6.45) is -4.61. The summed E-state index contributed by atoms with van der Waals surface area (Å²) in [4.78, 5) is 13.2. The number of anilines is 1.